The Morgan fingerprint density at radius 3 is 2.35 bits per heavy atom. The minimum Gasteiger partial charge on any atom is -0.479 e. The van der Waals surface area contributed by atoms with Gasteiger partial charge in [-0.05, 0) is 61.2 Å². The Kier molecular flexibility index (Phi) is 6.36. The number of carbonyl (C=O) groups is 4. The lowest BCUT2D eigenvalue weighted by molar-refractivity contribution is -0.146. The van der Waals surface area contributed by atoms with Crippen molar-refractivity contribution < 1.29 is 29.0 Å². The zero-order chi connectivity index (χ0) is 25.0. The lowest BCUT2D eigenvalue weighted by Crippen LogP contribution is -2.59. The molecule has 0 bridgehead atoms. The minimum absolute atomic E-state index is 0.0946. The average Bonchev–Trinajstić information content (AvgIpc) is 3.39. The van der Waals surface area contributed by atoms with Gasteiger partial charge in [-0.1, -0.05) is 41.0 Å². The minimum atomic E-state index is -1.23. The fraction of sp³-hybridized carbons (Fsp3) is 0.840. The van der Waals surface area contributed by atoms with Crippen LogP contribution in [-0.4, -0.2) is 64.2 Å². The molecule has 34 heavy (non-hydrogen) atoms. The SMILES string of the molecule is CCC1C[C@]1(NC(=O)[C@@H]1CCCN1C(=O)[C@@H](NC(=O)OC1CC2C(C)C2C1)C(C)(C)C)C(=O)O. The Hall–Kier alpha value is -2.32. The molecule has 4 rings (SSSR count). The van der Waals surface area contributed by atoms with Crippen LogP contribution in [0.5, 0.6) is 0 Å². The lowest BCUT2D eigenvalue weighted by Gasteiger charge is -2.35. The Labute approximate surface area is 201 Å². The summed E-state index contributed by atoms with van der Waals surface area (Å²) in [5.41, 5.74) is -1.83. The van der Waals surface area contributed by atoms with Gasteiger partial charge in [0, 0.05) is 6.54 Å². The molecule has 9 nitrogen and oxygen atoms in total. The van der Waals surface area contributed by atoms with Gasteiger partial charge < -0.3 is 25.4 Å². The number of carboxylic acid groups (broad SMARTS) is 1. The Morgan fingerprint density at radius 1 is 1.18 bits per heavy atom. The van der Waals surface area contributed by atoms with E-state index in [1.54, 1.807) is 0 Å². The summed E-state index contributed by atoms with van der Waals surface area (Å²) in [6, 6.07) is -1.60. The van der Waals surface area contributed by atoms with E-state index < -0.39 is 41.0 Å². The van der Waals surface area contributed by atoms with Crippen LogP contribution in [0.2, 0.25) is 0 Å². The Balaban J connectivity index is 1.40. The molecule has 6 atom stereocenters. The molecule has 0 aromatic heterocycles. The maximum absolute atomic E-state index is 13.6. The van der Waals surface area contributed by atoms with Crippen molar-refractivity contribution in [2.24, 2.45) is 29.1 Å². The van der Waals surface area contributed by atoms with Gasteiger partial charge in [0.25, 0.3) is 0 Å². The van der Waals surface area contributed by atoms with Gasteiger partial charge >= 0.3 is 12.1 Å². The van der Waals surface area contributed by atoms with E-state index in [4.69, 9.17) is 4.74 Å². The molecule has 3 N–H and O–H groups in total. The van der Waals surface area contributed by atoms with Crippen LogP contribution in [0.3, 0.4) is 0 Å². The van der Waals surface area contributed by atoms with Crippen molar-refractivity contribution in [2.75, 3.05) is 6.54 Å². The summed E-state index contributed by atoms with van der Waals surface area (Å²) in [6.07, 6.45) is 3.24. The highest BCUT2D eigenvalue weighted by atomic mass is 16.6. The van der Waals surface area contributed by atoms with Crippen molar-refractivity contribution in [3.8, 4) is 0 Å². The van der Waals surface area contributed by atoms with Crippen LogP contribution in [-0.2, 0) is 19.1 Å². The van der Waals surface area contributed by atoms with E-state index in [2.05, 4.69) is 17.6 Å². The molecule has 1 saturated heterocycles. The summed E-state index contributed by atoms with van der Waals surface area (Å²) < 4.78 is 5.63. The highest BCUT2D eigenvalue weighted by molar-refractivity contribution is 5.96. The number of amides is 3. The first-order chi connectivity index (χ1) is 15.9. The highest BCUT2D eigenvalue weighted by Gasteiger charge is 2.61. The first-order valence-electron chi connectivity index (χ1n) is 12.7. The lowest BCUT2D eigenvalue weighted by atomic mass is 9.85. The Morgan fingerprint density at radius 2 is 1.82 bits per heavy atom. The molecule has 190 valence electrons. The van der Waals surface area contributed by atoms with Gasteiger partial charge in [0.2, 0.25) is 11.8 Å². The molecule has 3 unspecified atom stereocenters. The number of carboxylic acids is 1. The summed E-state index contributed by atoms with van der Waals surface area (Å²) in [4.78, 5) is 52.7. The number of hydrogen-bond acceptors (Lipinski definition) is 5. The van der Waals surface area contributed by atoms with Crippen molar-refractivity contribution in [1.82, 2.24) is 15.5 Å². The predicted octanol–water partition coefficient (Wildman–Crippen LogP) is 2.53. The van der Waals surface area contributed by atoms with E-state index in [0.717, 1.165) is 12.8 Å². The van der Waals surface area contributed by atoms with E-state index in [-0.39, 0.29) is 17.9 Å². The molecule has 3 saturated carbocycles. The van der Waals surface area contributed by atoms with Gasteiger partial charge in [0.1, 0.15) is 23.7 Å². The van der Waals surface area contributed by atoms with Gasteiger partial charge in [-0.15, -0.1) is 0 Å². The molecular formula is C25H39N3O6. The quantitative estimate of drug-likeness (QED) is 0.517. The summed E-state index contributed by atoms with van der Waals surface area (Å²) in [5, 5.41) is 15.2. The second-order valence-electron chi connectivity index (χ2n) is 11.9. The first-order valence-corrected chi connectivity index (χ1v) is 12.7. The number of fused-ring (bicyclic) bond motifs is 1. The summed E-state index contributed by atoms with van der Waals surface area (Å²) in [7, 11) is 0. The predicted molar refractivity (Wildman–Crippen MR) is 124 cm³/mol. The van der Waals surface area contributed by atoms with E-state index in [1.807, 2.05) is 27.7 Å². The van der Waals surface area contributed by atoms with Crippen LogP contribution in [0.25, 0.3) is 0 Å². The maximum atomic E-state index is 13.6. The van der Waals surface area contributed by atoms with Gasteiger partial charge in [-0.2, -0.15) is 0 Å². The van der Waals surface area contributed by atoms with Crippen molar-refractivity contribution in [3.63, 3.8) is 0 Å². The normalized spacial score (nSPS) is 36.9. The molecule has 1 aliphatic heterocycles. The van der Waals surface area contributed by atoms with Crippen LogP contribution in [0, 0.1) is 29.1 Å². The zero-order valence-electron chi connectivity index (χ0n) is 20.9. The molecule has 4 fully saturated rings. The molecule has 1 heterocycles. The second-order valence-corrected chi connectivity index (χ2v) is 11.9. The molecule has 0 aromatic carbocycles. The number of nitrogens with zero attached hydrogens (tertiary/aromatic N) is 1. The van der Waals surface area contributed by atoms with E-state index >= 15 is 0 Å². The molecular weight excluding hydrogens is 438 g/mol. The van der Waals surface area contributed by atoms with E-state index in [1.165, 1.54) is 4.90 Å². The van der Waals surface area contributed by atoms with Gasteiger partial charge in [0.15, 0.2) is 0 Å². The van der Waals surface area contributed by atoms with Gasteiger partial charge in [0.05, 0.1) is 0 Å². The number of likely N-dealkylation sites (tertiary alicyclic amines) is 1. The third kappa shape index (κ3) is 4.50. The number of carbonyl (C=O) groups excluding carboxylic acids is 3. The van der Waals surface area contributed by atoms with Crippen LogP contribution < -0.4 is 10.6 Å². The number of nitrogens with one attached hydrogen (secondary N) is 2. The molecule has 3 aliphatic carbocycles. The highest BCUT2D eigenvalue weighted by Crippen LogP contribution is 2.57. The third-order valence-corrected chi connectivity index (χ3v) is 8.64. The van der Waals surface area contributed by atoms with Gasteiger partial charge in [-0.3, -0.25) is 9.59 Å². The van der Waals surface area contributed by atoms with Crippen LogP contribution in [0.4, 0.5) is 4.79 Å². The van der Waals surface area contributed by atoms with E-state index in [0.29, 0.717) is 50.0 Å². The summed E-state index contributed by atoms with van der Waals surface area (Å²) in [6.45, 7) is 10.1. The summed E-state index contributed by atoms with van der Waals surface area (Å²) >= 11 is 0. The van der Waals surface area contributed by atoms with Gasteiger partial charge in [-0.25, -0.2) is 9.59 Å². The molecule has 9 heteroatoms. The number of rotatable bonds is 7. The van der Waals surface area contributed by atoms with Crippen molar-refractivity contribution in [2.45, 2.75) is 96.9 Å². The average molecular weight is 478 g/mol. The second kappa shape index (κ2) is 8.72. The standard InChI is InChI=1S/C25H39N3O6/c1-6-14-12-25(14,22(31)32)27-20(29)18-8-7-9-28(18)21(30)19(24(3,4)5)26-23(33)34-15-10-16-13(2)17(16)11-15/h13-19H,6-12H2,1-5H3,(H,26,33)(H,27,29)(H,31,32)/t13?,14?,15?,16?,17?,18-,19+,25+/m0/s1. The third-order valence-electron chi connectivity index (χ3n) is 8.64. The molecule has 0 aromatic rings. The van der Waals surface area contributed by atoms with Crippen molar-refractivity contribution in [1.29, 1.82) is 0 Å². The van der Waals surface area contributed by atoms with E-state index in [9.17, 15) is 24.3 Å². The topological polar surface area (TPSA) is 125 Å². The van der Waals surface area contributed by atoms with Crippen LogP contribution in [0.1, 0.15) is 73.1 Å². The number of hydrogen-bond donors (Lipinski definition) is 3. The van der Waals surface area contributed by atoms with Crippen molar-refractivity contribution >= 4 is 23.9 Å². The van der Waals surface area contributed by atoms with Crippen LogP contribution >= 0.6 is 0 Å². The largest absolute Gasteiger partial charge is 0.479 e. The maximum Gasteiger partial charge on any atom is 0.408 e. The summed E-state index contributed by atoms with van der Waals surface area (Å²) in [5.74, 6) is 0.121. The smallest absolute Gasteiger partial charge is 0.408 e. The molecule has 0 radical (unpaired) electrons. The first kappa shape index (κ1) is 24.8. The molecule has 4 aliphatic rings. The van der Waals surface area contributed by atoms with Crippen molar-refractivity contribution in [3.05, 3.63) is 0 Å². The molecule has 3 amide bonds. The number of aliphatic carboxylic acids is 1. The monoisotopic (exact) mass is 477 g/mol. The fourth-order valence-electron chi connectivity index (χ4n) is 6.23. The fourth-order valence-corrected chi connectivity index (χ4v) is 6.23. The zero-order valence-corrected chi connectivity index (χ0v) is 20.9. The molecule has 0 spiro atoms. The number of ether oxygens (including phenoxy) is 1. The van der Waals surface area contributed by atoms with Crippen LogP contribution in [0.15, 0.2) is 0 Å². The number of alkyl carbamates (subject to hydrolysis) is 1. The Bertz CT molecular complexity index is 857.